The van der Waals surface area contributed by atoms with Crippen LogP contribution in [0.3, 0.4) is 0 Å². The number of amides is 1. The summed E-state index contributed by atoms with van der Waals surface area (Å²) in [5.41, 5.74) is 1.47. The third-order valence-electron chi connectivity index (χ3n) is 3.69. The van der Waals surface area contributed by atoms with E-state index in [-0.39, 0.29) is 11.8 Å². The fourth-order valence-corrected chi connectivity index (χ4v) is 2.18. The number of benzene rings is 1. The minimum atomic E-state index is -0.0156. The first kappa shape index (κ1) is 12.7. The average molecular weight is 272 g/mol. The molecule has 1 fully saturated rings. The van der Waals surface area contributed by atoms with Crippen LogP contribution in [0.5, 0.6) is 0 Å². The Kier molecular flexibility index (Phi) is 3.42. The average Bonchev–Trinajstić information content (AvgIpc) is 2.91. The van der Waals surface area contributed by atoms with Gasteiger partial charge >= 0.3 is 0 Å². The van der Waals surface area contributed by atoms with E-state index in [9.17, 15) is 4.79 Å². The maximum atomic E-state index is 12.3. The van der Waals surface area contributed by atoms with E-state index >= 15 is 0 Å². The number of nitrogens with one attached hydrogen (secondary N) is 2. The molecule has 104 valence electrons. The summed E-state index contributed by atoms with van der Waals surface area (Å²) in [4.78, 5) is 12.3. The van der Waals surface area contributed by atoms with Gasteiger partial charge in [-0.1, -0.05) is 19.1 Å². The molecule has 2 aromatic rings. The highest BCUT2D eigenvalue weighted by atomic mass is 16.1. The van der Waals surface area contributed by atoms with E-state index in [2.05, 4.69) is 26.2 Å². The highest BCUT2D eigenvalue weighted by Gasteiger charge is 2.29. The number of hydrogen-bond donors (Lipinski definition) is 2. The first-order valence-corrected chi connectivity index (χ1v) is 6.59. The van der Waals surface area contributed by atoms with Crippen molar-refractivity contribution < 1.29 is 4.79 Å². The molecule has 3 rings (SSSR count). The van der Waals surface area contributed by atoms with E-state index in [4.69, 9.17) is 0 Å². The molecule has 7 nitrogen and oxygen atoms in total. The Labute approximate surface area is 116 Å². The van der Waals surface area contributed by atoms with Crippen molar-refractivity contribution in [3.63, 3.8) is 0 Å². The van der Waals surface area contributed by atoms with Gasteiger partial charge in [-0.3, -0.25) is 4.79 Å². The normalized spacial score (nSPS) is 16.4. The molecular formula is C13H16N6O. The van der Waals surface area contributed by atoms with Gasteiger partial charge in [0, 0.05) is 5.92 Å². The first-order valence-electron chi connectivity index (χ1n) is 6.59. The van der Waals surface area contributed by atoms with Gasteiger partial charge in [-0.05, 0) is 41.6 Å². The van der Waals surface area contributed by atoms with Gasteiger partial charge in [-0.25, -0.2) is 0 Å². The van der Waals surface area contributed by atoms with Crippen LogP contribution in [0.4, 0.5) is 5.69 Å². The molecular weight excluding hydrogens is 256 g/mol. The Hall–Kier alpha value is -2.28. The summed E-state index contributed by atoms with van der Waals surface area (Å²) in [6, 6.07) is 7.47. The molecule has 1 aromatic carbocycles. The largest absolute Gasteiger partial charge is 0.324 e. The lowest BCUT2D eigenvalue weighted by Crippen LogP contribution is -2.48. The summed E-state index contributed by atoms with van der Waals surface area (Å²) in [6.07, 6.45) is 1.50. The predicted molar refractivity (Wildman–Crippen MR) is 73.3 cm³/mol. The Morgan fingerprint density at radius 1 is 1.45 bits per heavy atom. The summed E-state index contributed by atoms with van der Waals surface area (Å²) in [7, 11) is 0. The topological polar surface area (TPSA) is 84.7 Å². The highest BCUT2D eigenvalue weighted by Crippen LogP contribution is 2.22. The van der Waals surface area contributed by atoms with Crippen LogP contribution in [0.2, 0.25) is 0 Å². The summed E-state index contributed by atoms with van der Waals surface area (Å²) >= 11 is 0. The van der Waals surface area contributed by atoms with Crippen molar-refractivity contribution in [2.24, 2.45) is 11.8 Å². The van der Waals surface area contributed by atoms with E-state index in [1.807, 2.05) is 31.2 Å². The molecule has 0 spiro atoms. The van der Waals surface area contributed by atoms with E-state index in [1.165, 1.54) is 11.0 Å². The molecule has 1 atom stereocenters. The minimum absolute atomic E-state index is 0.0156. The molecule has 7 heteroatoms. The van der Waals surface area contributed by atoms with Gasteiger partial charge in [0.05, 0.1) is 11.4 Å². The van der Waals surface area contributed by atoms with Crippen molar-refractivity contribution in [1.82, 2.24) is 25.5 Å². The Bertz CT molecular complexity index is 593. The lowest BCUT2D eigenvalue weighted by Gasteiger charge is -2.31. The van der Waals surface area contributed by atoms with Crippen molar-refractivity contribution in [3.8, 4) is 5.69 Å². The van der Waals surface area contributed by atoms with Gasteiger partial charge in [-0.2, -0.15) is 4.68 Å². The summed E-state index contributed by atoms with van der Waals surface area (Å²) < 4.78 is 1.53. The second kappa shape index (κ2) is 5.38. The zero-order chi connectivity index (χ0) is 13.9. The lowest BCUT2D eigenvalue weighted by molar-refractivity contribution is -0.121. The SMILES string of the molecule is CC(C(=O)Nc1ccccc1-n1cnnn1)C1CNC1. The van der Waals surface area contributed by atoms with Gasteiger partial charge in [-0.15, -0.1) is 5.10 Å². The number of aromatic nitrogens is 4. The minimum Gasteiger partial charge on any atom is -0.324 e. The van der Waals surface area contributed by atoms with Crippen molar-refractivity contribution in [2.75, 3.05) is 18.4 Å². The molecule has 1 saturated heterocycles. The molecule has 20 heavy (non-hydrogen) atoms. The van der Waals surface area contributed by atoms with Crippen LogP contribution in [0, 0.1) is 11.8 Å². The van der Waals surface area contributed by atoms with E-state index in [0.717, 1.165) is 18.8 Å². The third kappa shape index (κ3) is 2.39. The number of tetrazole rings is 1. The molecule has 0 saturated carbocycles. The van der Waals surface area contributed by atoms with Crippen LogP contribution < -0.4 is 10.6 Å². The summed E-state index contributed by atoms with van der Waals surface area (Å²) in [6.45, 7) is 3.77. The predicted octanol–water partition coefficient (Wildman–Crippen LogP) is 0.456. The maximum Gasteiger partial charge on any atom is 0.227 e. The molecule has 2 heterocycles. The van der Waals surface area contributed by atoms with Crippen LogP contribution in [0.15, 0.2) is 30.6 Å². The number of para-hydroxylation sites is 2. The van der Waals surface area contributed by atoms with Crippen molar-refractivity contribution in [1.29, 1.82) is 0 Å². The van der Waals surface area contributed by atoms with Crippen molar-refractivity contribution in [2.45, 2.75) is 6.92 Å². The number of nitrogens with zero attached hydrogens (tertiary/aromatic N) is 4. The quantitative estimate of drug-likeness (QED) is 0.844. The summed E-state index contributed by atoms with van der Waals surface area (Å²) in [5, 5.41) is 17.2. The zero-order valence-electron chi connectivity index (χ0n) is 11.2. The van der Waals surface area contributed by atoms with Gasteiger partial charge in [0.15, 0.2) is 0 Å². The van der Waals surface area contributed by atoms with Crippen LogP contribution in [-0.4, -0.2) is 39.2 Å². The van der Waals surface area contributed by atoms with Crippen LogP contribution in [0.25, 0.3) is 5.69 Å². The molecule has 1 aromatic heterocycles. The lowest BCUT2D eigenvalue weighted by atomic mass is 9.88. The third-order valence-corrected chi connectivity index (χ3v) is 3.69. The van der Waals surface area contributed by atoms with Gasteiger partial charge < -0.3 is 10.6 Å². The number of hydrogen-bond acceptors (Lipinski definition) is 5. The number of carbonyl (C=O) groups excluding carboxylic acids is 1. The molecule has 0 aliphatic carbocycles. The molecule has 0 radical (unpaired) electrons. The number of anilines is 1. The van der Waals surface area contributed by atoms with E-state index < -0.39 is 0 Å². The monoisotopic (exact) mass is 272 g/mol. The first-order chi connectivity index (χ1) is 9.75. The fraction of sp³-hybridized carbons (Fsp3) is 0.385. The van der Waals surface area contributed by atoms with E-state index in [0.29, 0.717) is 11.6 Å². The molecule has 1 aliphatic rings. The zero-order valence-corrected chi connectivity index (χ0v) is 11.2. The fourth-order valence-electron chi connectivity index (χ4n) is 2.18. The van der Waals surface area contributed by atoms with Crippen LogP contribution in [0.1, 0.15) is 6.92 Å². The second-order valence-corrected chi connectivity index (χ2v) is 4.97. The molecule has 1 aliphatic heterocycles. The Morgan fingerprint density at radius 2 is 2.25 bits per heavy atom. The standard InChI is InChI=1S/C13H16N6O/c1-9(10-6-14-7-10)13(20)16-11-4-2-3-5-12(11)19-8-15-17-18-19/h2-5,8-10,14H,6-7H2,1H3,(H,16,20). The molecule has 2 N–H and O–H groups in total. The summed E-state index contributed by atoms with van der Waals surface area (Å²) in [5.74, 6) is 0.422. The van der Waals surface area contributed by atoms with Gasteiger partial charge in [0.25, 0.3) is 0 Å². The smallest absolute Gasteiger partial charge is 0.227 e. The van der Waals surface area contributed by atoms with E-state index in [1.54, 1.807) is 0 Å². The van der Waals surface area contributed by atoms with Crippen LogP contribution in [-0.2, 0) is 4.79 Å². The number of carbonyl (C=O) groups is 1. The molecule has 1 unspecified atom stereocenters. The van der Waals surface area contributed by atoms with Gasteiger partial charge in [0.2, 0.25) is 5.91 Å². The second-order valence-electron chi connectivity index (χ2n) is 4.97. The number of rotatable bonds is 4. The highest BCUT2D eigenvalue weighted by molar-refractivity contribution is 5.94. The van der Waals surface area contributed by atoms with Crippen LogP contribution >= 0.6 is 0 Å². The van der Waals surface area contributed by atoms with Crippen molar-refractivity contribution >= 4 is 11.6 Å². The molecule has 1 amide bonds. The van der Waals surface area contributed by atoms with Gasteiger partial charge in [0.1, 0.15) is 6.33 Å². The Balaban J connectivity index is 1.79. The van der Waals surface area contributed by atoms with Crippen molar-refractivity contribution in [3.05, 3.63) is 30.6 Å². The molecule has 0 bridgehead atoms. The Morgan fingerprint density at radius 3 is 2.90 bits per heavy atom. The maximum absolute atomic E-state index is 12.3.